The smallest absolute Gasteiger partial charge is 0.310 e. The fourth-order valence-corrected chi connectivity index (χ4v) is 13.1. The molecule has 1 aromatic rings. The van der Waals surface area contributed by atoms with Gasteiger partial charge in [0.1, 0.15) is 0 Å². The third-order valence-electron chi connectivity index (χ3n) is 14.6. The van der Waals surface area contributed by atoms with Crippen LogP contribution in [0.3, 0.4) is 0 Å². The minimum atomic E-state index is -3.84. The van der Waals surface area contributed by atoms with Crippen molar-refractivity contribution in [2.75, 3.05) is 0 Å². The van der Waals surface area contributed by atoms with Gasteiger partial charge in [-0.1, -0.05) is 78.3 Å². The second kappa shape index (κ2) is 9.67. The zero-order valence-corrected chi connectivity index (χ0v) is 27.6. The molecule has 6 heteroatoms. The number of carbonyl (C=O) groups is 1. The molecule has 0 radical (unpaired) electrons. The number of carboxylic acids is 1. The highest BCUT2D eigenvalue weighted by Gasteiger charge is 2.69. The lowest BCUT2D eigenvalue weighted by Gasteiger charge is -2.71. The summed E-state index contributed by atoms with van der Waals surface area (Å²) in [5, 5.41) is 10.6. The maximum atomic E-state index is 13.3. The van der Waals surface area contributed by atoms with Crippen LogP contribution in [0.15, 0.2) is 46.9 Å². The van der Waals surface area contributed by atoms with Gasteiger partial charge in [0.2, 0.25) is 0 Å². The topological polar surface area (TPSA) is 80.7 Å². The summed E-state index contributed by atoms with van der Waals surface area (Å²) in [5.41, 5.74) is 0.661. The zero-order valence-electron chi connectivity index (χ0n) is 26.8. The molecular weight excluding hydrogens is 544 g/mol. The van der Waals surface area contributed by atoms with Crippen molar-refractivity contribution in [3.63, 3.8) is 0 Å². The van der Waals surface area contributed by atoms with Crippen LogP contribution < -0.4 is 0 Å². The van der Waals surface area contributed by atoms with Crippen LogP contribution in [0.25, 0.3) is 0 Å². The lowest BCUT2D eigenvalue weighted by atomic mass is 9.33. The van der Waals surface area contributed by atoms with Gasteiger partial charge in [-0.25, -0.2) is 0 Å². The molecule has 42 heavy (non-hydrogen) atoms. The minimum Gasteiger partial charge on any atom is -0.481 e. The third-order valence-corrected chi connectivity index (χ3v) is 16.0. The van der Waals surface area contributed by atoms with Gasteiger partial charge in [-0.3, -0.25) is 8.98 Å². The highest BCUT2D eigenvalue weighted by atomic mass is 32.2. The number of aliphatic carboxylic acids is 1. The molecule has 1 aromatic carbocycles. The first-order valence-electron chi connectivity index (χ1n) is 16.5. The van der Waals surface area contributed by atoms with Crippen molar-refractivity contribution in [1.29, 1.82) is 0 Å². The van der Waals surface area contributed by atoms with Crippen molar-refractivity contribution >= 4 is 16.1 Å². The summed E-state index contributed by atoms with van der Waals surface area (Å²) in [5.74, 6) is 1.25. The first kappa shape index (κ1) is 30.4. The van der Waals surface area contributed by atoms with E-state index in [0.717, 1.165) is 57.8 Å². The van der Waals surface area contributed by atoms with Crippen LogP contribution >= 0.6 is 0 Å². The summed E-state index contributed by atoms with van der Waals surface area (Å²) in [7, 11) is -3.84. The molecule has 5 aliphatic rings. The first-order chi connectivity index (χ1) is 19.5. The molecule has 0 spiro atoms. The number of benzene rings is 1. The average molecular weight is 597 g/mol. The van der Waals surface area contributed by atoms with E-state index in [1.807, 2.05) is 6.07 Å². The molecular formula is C36H52O5S. The molecule has 4 saturated carbocycles. The van der Waals surface area contributed by atoms with E-state index in [9.17, 15) is 18.3 Å². The van der Waals surface area contributed by atoms with Gasteiger partial charge in [0.05, 0.1) is 16.4 Å². The van der Waals surface area contributed by atoms with Crippen LogP contribution in [0, 0.1) is 56.7 Å². The van der Waals surface area contributed by atoms with Gasteiger partial charge in [0.25, 0.3) is 10.1 Å². The van der Waals surface area contributed by atoms with Crippen molar-refractivity contribution in [3.8, 4) is 0 Å². The van der Waals surface area contributed by atoms with Crippen LogP contribution in [0.4, 0.5) is 0 Å². The molecule has 5 nitrogen and oxygen atoms in total. The molecule has 0 amide bonds. The van der Waals surface area contributed by atoms with Crippen LogP contribution in [-0.4, -0.2) is 25.6 Å². The Balaban J connectivity index is 1.34. The Hall–Kier alpha value is -1.66. The average Bonchev–Trinajstić information content (AvgIpc) is 2.93. The van der Waals surface area contributed by atoms with Crippen molar-refractivity contribution < 1.29 is 22.5 Å². The van der Waals surface area contributed by atoms with E-state index in [1.54, 1.807) is 24.3 Å². The van der Waals surface area contributed by atoms with Gasteiger partial charge < -0.3 is 5.11 Å². The summed E-state index contributed by atoms with van der Waals surface area (Å²) in [6, 6.07) is 8.54. The van der Waals surface area contributed by atoms with E-state index in [4.69, 9.17) is 4.18 Å². The lowest BCUT2D eigenvalue weighted by Crippen LogP contribution is -2.65. The quantitative estimate of drug-likeness (QED) is 0.278. The van der Waals surface area contributed by atoms with Crippen molar-refractivity contribution in [3.05, 3.63) is 42.0 Å². The van der Waals surface area contributed by atoms with Crippen molar-refractivity contribution in [1.82, 2.24) is 0 Å². The molecule has 0 saturated heterocycles. The van der Waals surface area contributed by atoms with Crippen LogP contribution in [-0.2, 0) is 19.1 Å². The molecule has 0 bridgehead atoms. The van der Waals surface area contributed by atoms with Crippen LogP contribution in [0.1, 0.15) is 106 Å². The molecule has 232 valence electrons. The fourth-order valence-electron chi connectivity index (χ4n) is 11.8. The van der Waals surface area contributed by atoms with Gasteiger partial charge >= 0.3 is 5.97 Å². The number of hydrogen-bond acceptors (Lipinski definition) is 4. The Bertz CT molecular complexity index is 1380. The van der Waals surface area contributed by atoms with Crippen molar-refractivity contribution in [2.45, 2.75) is 117 Å². The van der Waals surface area contributed by atoms with Gasteiger partial charge in [0, 0.05) is 0 Å². The van der Waals surface area contributed by atoms with Gasteiger partial charge in [-0.2, -0.15) is 8.42 Å². The minimum absolute atomic E-state index is 0.0209. The molecule has 6 rings (SSSR count). The molecule has 10 atom stereocenters. The molecule has 0 aromatic heterocycles. The van der Waals surface area contributed by atoms with E-state index in [2.05, 4.69) is 54.5 Å². The highest BCUT2D eigenvalue weighted by molar-refractivity contribution is 7.86. The SMILES string of the molecule is CC1CC[C@]2(C(=O)O)CCC3(C)C(=CCC4[C@@]5(C)CC[C@H](OS(=O)(=O)c6ccccc6)C(C)(C)C5CC[C@]43C)[C@@H]2[C@H]1C. The predicted octanol–water partition coefficient (Wildman–Crippen LogP) is 8.50. The Kier molecular flexibility index (Phi) is 6.99. The number of hydrogen-bond donors (Lipinski definition) is 1. The highest BCUT2D eigenvalue weighted by Crippen LogP contribution is 2.76. The van der Waals surface area contributed by atoms with E-state index in [-0.39, 0.29) is 38.6 Å². The fraction of sp³-hybridized carbons (Fsp3) is 0.750. The van der Waals surface area contributed by atoms with Crippen LogP contribution in [0.5, 0.6) is 0 Å². The lowest BCUT2D eigenvalue weighted by molar-refractivity contribution is -0.203. The van der Waals surface area contributed by atoms with Gasteiger partial charge in [-0.05, 0) is 121 Å². The maximum Gasteiger partial charge on any atom is 0.310 e. The number of carboxylic acid groups (broad SMARTS) is 1. The Morgan fingerprint density at radius 3 is 2.24 bits per heavy atom. The maximum absolute atomic E-state index is 13.3. The summed E-state index contributed by atoms with van der Waals surface area (Å²) in [4.78, 5) is 13.2. The molecule has 5 aliphatic carbocycles. The summed E-state index contributed by atoms with van der Waals surface area (Å²) in [6.45, 7) is 16.6. The monoisotopic (exact) mass is 596 g/mol. The summed E-state index contributed by atoms with van der Waals surface area (Å²) in [6.07, 6.45) is 10.5. The van der Waals surface area contributed by atoms with E-state index >= 15 is 0 Å². The number of rotatable bonds is 4. The molecule has 4 fully saturated rings. The van der Waals surface area contributed by atoms with Crippen molar-refractivity contribution in [2.24, 2.45) is 56.7 Å². The van der Waals surface area contributed by atoms with E-state index in [1.165, 1.54) is 5.57 Å². The summed E-state index contributed by atoms with van der Waals surface area (Å²) >= 11 is 0. The number of allylic oxidation sites excluding steroid dienone is 2. The molecule has 0 aliphatic heterocycles. The van der Waals surface area contributed by atoms with Gasteiger partial charge in [-0.15, -0.1) is 0 Å². The van der Waals surface area contributed by atoms with E-state index < -0.39 is 21.5 Å². The second-order valence-electron chi connectivity index (χ2n) is 16.3. The largest absolute Gasteiger partial charge is 0.481 e. The predicted molar refractivity (Wildman–Crippen MR) is 165 cm³/mol. The van der Waals surface area contributed by atoms with Crippen LogP contribution in [0.2, 0.25) is 0 Å². The Labute approximate surface area is 254 Å². The number of fused-ring (bicyclic) bond motifs is 7. The van der Waals surface area contributed by atoms with E-state index in [0.29, 0.717) is 23.7 Å². The van der Waals surface area contributed by atoms with Gasteiger partial charge in [0.15, 0.2) is 0 Å². The molecule has 1 N–H and O–H groups in total. The standard InChI is InChI=1S/C36H52O5S/c1-23-15-20-36(31(37)38)22-21-34(6)26(30(36)24(23)2)13-14-28-33(5)18-17-29(32(3,4)27(33)16-19-35(28,34)7)41-42(39,40)25-11-9-8-10-12-25/h8-13,23-24,27-30H,14-22H2,1-7H3,(H,37,38)/t23?,24-,27?,28?,29-,30-,33-,34?,35+,36-/m0/s1. The Morgan fingerprint density at radius 1 is 0.881 bits per heavy atom. The molecule has 4 unspecified atom stereocenters. The third kappa shape index (κ3) is 3.95. The zero-order chi connectivity index (χ0) is 30.5. The summed E-state index contributed by atoms with van der Waals surface area (Å²) < 4.78 is 32.6. The molecule has 0 heterocycles. The Morgan fingerprint density at radius 2 is 1.57 bits per heavy atom. The second-order valence-corrected chi connectivity index (χ2v) is 17.9. The first-order valence-corrected chi connectivity index (χ1v) is 17.9. The normalized spacial score (nSPS) is 46.3.